The second kappa shape index (κ2) is 20.0. The van der Waals surface area contributed by atoms with Crippen molar-refractivity contribution >= 4 is 62.2 Å². The summed E-state index contributed by atoms with van der Waals surface area (Å²) < 4.78 is 85.9. The van der Waals surface area contributed by atoms with Crippen LogP contribution >= 0.6 is 0 Å². The van der Waals surface area contributed by atoms with Crippen molar-refractivity contribution in [2.24, 2.45) is 0 Å². The monoisotopic (exact) mass is 1110 g/mol. The van der Waals surface area contributed by atoms with E-state index < -0.39 is 27.3 Å². The van der Waals surface area contributed by atoms with E-state index in [2.05, 4.69) is 76.2 Å². The maximum atomic E-state index is 13.9. The number of ether oxygens (including phenoxy) is 1. The zero-order valence-electron chi connectivity index (χ0n) is 45.1. The topological polar surface area (TPSA) is 179 Å². The van der Waals surface area contributed by atoms with Gasteiger partial charge in [-0.05, 0) is 117 Å². The molecule has 7 aliphatic heterocycles. The Morgan fingerprint density at radius 3 is 2.39 bits per heavy atom. The Morgan fingerprint density at radius 2 is 1.60 bits per heavy atom. The summed E-state index contributed by atoms with van der Waals surface area (Å²) in [7, 11) is -4.62. The van der Waals surface area contributed by atoms with E-state index in [1.807, 2.05) is 24.3 Å². The first-order valence-electron chi connectivity index (χ1n) is 27.6. The zero-order valence-corrected chi connectivity index (χ0v) is 45.9. The van der Waals surface area contributed by atoms with Gasteiger partial charge in [0, 0.05) is 96.4 Å². The van der Waals surface area contributed by atoms with Crippen molar-refractivity contribution in [2.75, 3.05) is 52.7 Å². The molecule has 1 saturated heterocycles. The number of benzene rings is 4. The number of aromatic nitrogens is 1. The maximum absolute atomic E-state index is 13.9. The second-order valence-corrected chi connectivity index (χ2v) is 24.5. The summed E-state index contributed by atoms with van der Waals surface area (Å²) in [4.78, 5) is 50.6. The number of anilines is 4. The van der Waals surface area contributed by atoms with Crippen LogP contribution in [0.15, 0.2) is 125 Å². The van der Waals surface area contributed by atoms with Crippen LogP contribution in [0.3, 0.4) is 0 Å². The lowest BCUT2D eigenvalue weighted by Crippen LogP contribution is -2.48. The lowest BCUT2D eigenvalue weighted by Gasteiger charge is -2.42. The Kier molecular flexibility index (Phi) is 13.3. The Bertz CT molecular complexity index is 3610. The quantitative estimate of drug-likeness (QED) is 0.0584. The van der Waals surface area contributed by atoms with Gasteiger partial charge in [-0.2, -0.15) is 17.7 Å². The predicted octanol–water partition coefficient (Wildman–Crippen LogP) is 9.77. The third-order valence-electron chi connectivity index (χ3n) is 17.2. The zero-order chi connectivity index (χ0) is 56.0. The largest absolute Gasteiger partial charge is 0.744 e. The molecule has 3 N–H and O–H groups in total. The molecule has 12 rings (SSSR count). The van der Waals surface area contributed by atoms with E-state index >= 15 is 0 Å². The van der Waals surface area contributed by atoms with Crippen LogP contribution in [0.4, 0.5) is 46.5 Å². The molecule has 2 bridgehead atoms. The van der Waals surface area contributed by atoms with Crippen LogP contribution < -0.4 is 30.7 Å². The van der Waals surface area contributed by atoms with Gasteiger partial charge in [-0.15, -0.1) is 0 Å². The standard InChI is InChI=1S/C61H63F3N8O7S/c1-59(2)45-29-37(14-19-48(45)70-27-23-51-43(55(59)70)33-44-52(79-51)24-28-71-49-20-17-42(80(76,77)78)32-46(49)60(3,4)56(44)71)30-54(74)65-25-7-5-6-11-53(73)66-34-36-12-15-40(16-13-36)67-58(75)72-41-22-26-69(35-41)50-21-18-47(68-57(50)72)38-9-8-10-39(31-38)61(62,63)64/h8-10,12-21,29,31-33,41,51-52H,5-7,11,22-28,30,34-35H2,1-4H3,(H3-,65,66,67,73,74,75,76,77,78). The summed E-state index contributed by atoms with van der Waals surface area (Å²) in [6.45, 7) is 12.3. The summed E-state index contributed by atoms with van der Waals surface area (Å²) in [5.41, 5.74) is 10.5. The molecule has 4 amide bonds. The summed E-state index contributed by atoms with van der Waals surface area (Å²) >= 11 is 0. The van der Waals surface area contributed by atoms with E-state index in [-0.39, 0.29) is 52.8 Å². The number of pyridine rings is 1. The molecule has 1 aromatic heterocycles. The van der Waals surface area contributed by atoms with Gasteiger partial charge < -0.3 is 35.0 Å². The number of alkyl halides is 3. The average molecular weight is 1110 g/mol. The van der Waals surface area contributed by atoms with E-state index in [1.54, 1.807) is 41.3 Å². The van der Waals surface area contributed by atoms with Gasteiger partial charge >= 0.3 is 12.2 Å². The first-order chi connectivity index (χ1) is 38.1. The molecule has 0 saturated carbocycles. The van der Waals surface area contributed by atoms with E-state index in [1.165, 1.54) is 17.8 Å². The smallest absolute Gasteiger partial charge is 0.416 e. The fraction of sp³-hybridized carbons (Fsp3) is 0.393. The summed E-state index contributed by atoms with van der Waals surface area (Å²) in [5, 5.41) is 9.01. The highest BCUT2D eigenvalue weighted by molar-refractivity contribution is 7.85. The minimum absolute atomic E-state index is 0.0654. The first-order valence-corrected chi connectivity index (χ1v) is 29.0. The van der Waals surface area contributed by atoms with Crippen LogP contribution in [-0.4, -0.2) is 97.1 Å². The van der Waals surface area contributed by atoms with Crippen molar-refractivity contribution in [2.45, 2.75) is 126 Å². The van der Waals surface area contributed by atoms with Crippen molar-refractivity contribution in [1.82, 2.24) is 15.6 Å². The van der Waals surface area contributed by atoms with E-state index in [0.29, 0.717) is 55.2 Å². The van der Waals surface area contributed by atoms with Crippen LogP contribution in [0.5, 0.6) is 0 Å². The number of allylic oxidation sites excluding steroid dienone is 1. The number of carbonyl (C=O) groups is 3. The summed E-state index contributed by atoms with van der Waals surface area (Å²) in [6, 6.07) is 26.2. The predicted molar refractivity (Wildman–Crippen MR) is 297 cm³/mol. The normalized spacial score (nSPS) is 20.9. The van der Waals surface area contributed by atoms with Crippen molar-refractivity contribution < 1.29 is 49.8 Å². The maximum Gasteiger partial charge on any atom is 0.416 e. The third-order valence-corrected chi connectivity index (χ3v) is 18.0. The first kappa shape index (κ1) is 53.3. The summed E-state index contributed by atoms with van der Waals surface area (Å²) in [5.74, 6) is 0.249. The number of carbonyl (C=O) groups excluding carboxylic acids is 3. The van der Waals surface area contributed by atoms with Crippen LogP contribution in [0.25, 0.3) is 11.3 Å². The molecule has 15 nitrogen and oxygen atoms in total. The third kappa shape index (κ3) is 9.63. The van der Waals surface area contributed by atoms with Gasteiger partial charge in [0.25, 0.3) is 0 Å². The number of hydrogen-bond acceptors (Lipinski definition) is 10. The van der Waals surface area contributed by atoms with Gasteiger partial charge in [-0.3, -0.25) is 14.5 Å². The van der Waals surface area contributed by atoms with E-state index in [4.69, 9.17) is 9.72 Å². The number of nitrogens with one attached hydrogen (secondary N) is 3. The SMILES string of the molecule is CC1(C)C2=C3C=C4C5=[N+](CCC4OC3CCN2c2ccc(CC(=O)NCCCCCC(=O)NCc3ccc(NC(=O)N4c6nc(-c7cccc(C(F)(F)F)c7)ccc6N6CCC4C6)cc3)cc21)c1ccc(S(=O)(=O)[O-])cc1C5(C)C. The number of amides is 4. The number of rotatable bonds is 13. The Morgan fingerprint density at radius 1 is 0.812 bits per heavy atom. The molecule has 0 spiro atoms. The molecule has 80 heavy (non-hydrogen) atoms. The molecule has 416 valence electrons. The van der Waals surface area contributed by atoms with E-state index in [0.717, 1.165) is 120 Å². The fourth-order valence-electron chi connectivity index (χ4n) is 13.3. The minimum atomic E-state index is -4.62. The minimum Gasteiger partial charge on any atom is -0.744 e. The molecular weight excluding hydrogens is 1050 g/mol. The highest BCUT2D eigenvalue weighted by Gasteiger charge is 2.55. The molecule has 0 radical (unpaired) electrons. The number of nitrogens with zero attached hydrogens (tertiary/aromatic N) is 5. The highest BCUT2D eigenvalue weighted by Crippen LogP contribution is 2.54. The molecule has 7 aliphatic rings. The van der Waals surface area contributed by atoms with Gasteiger partial charge in [0.2, 0.25) is 17.5 Å². The molecule has 3 unspecified atom stereocenters. The molecule has 3 atom stereocenters. The molecule has 5 aromatic rings. The van der Waals surface area contributed by atoms with Gasteiger partial charge in [-0.25, -0.2) is 18.2 Å². The molecule has 1 fully saturated rings. The van der Waals surface area contributed by atoms with Crippen molar-refractivity contribution in [3.63, 3.8) is 0 Å². The Hall–Kier alpha value is -7.35. The second-order valence-electron chi connectivity index (χ2n) is 23.1. The summed E-state index contributed by atoms with van der Waals surface area (Å²) in [6.07, 6.45) is 2.73. The Labute approximate surface area is 463 Å². The van der Waals surface area contributed by atoms with Crippen LogP contribution in [0.2, 0.25) is 0 Å². The van der Waals surface area contributed by atoms with Crippen LogP contribution in [0.1, 0.15) is 100 Å². The van der Waals surface area contributed by atoms with Gasteiger partial charge in [0.15, 0.2) is 18.1 Å². The van der Waals surface area contributed by atoms with Gasteiger partial charge in [-0.1, -0.05) is 56.7 Å². The molecule has 19 heteroatoms. The van der Waals surface area contributed by atoms with E-state index in [9.17, 15) is 40.5 Å². The van der Waals surface area contributed by atoms with Crippen LogP contribution in [-0.2, 0) is 54.4 Å². The number of fused-ring (bicyclic) bond motifs is 12. The molecular formula is C61H63F3N8O7S. The lowest BCUT2D eigenvalue weighted by atomic mass is 9.74. The van der Waals surface area contributed by atoms with Crippen LogP contribution in [0, 0.1) is 0 Å². The lowest BCUT2D eigenvalue weighted by molar-refractivity contribution is -0.445. The number of urea groups is 1. The number of halogens is 3. The number of hydrogen-bond donors (Lipinski definition) is 3. The van der Waals surface area contributed by atoms with Crippen molar-refractivity contribution in [1.29, 1.82) is 0 Å². The molecule has 8 heterocycles. The molecule has 4 aromatic carbocycles. The average Bonchev–Trinajstić information content (AvgIpc) is 4.06. The van der Waals surface area contributed by atoms with Crippen molar-refractivity contribution in [3.8, 4) is 11.3 Å². The van der Waals surface area contributed by atoms with Gasteiger partial charge in [0.05, 0.1) is 51.9 Å². The molecule has 0 aliphatic carbocycles. The van der Waals surface area contributed by atoms with Gasteiger partial charge in [0.1, 0.15) is 10.1 Å². The Balaban J connectivity index is 0.607. The number of unbranched alkanes of at least 4 members (excludes halogenated alkanes) is 2. The van der Waals surface area contributed by atoms with Crippen molar-refractivity contribution in [3.05, 3.63) is 148 Å². The highest BCUT2D eigenvalue weighted by atomic mass is 32.2. The fourth-order valence-corrected chi connectivity index (χ4v) is 13.8.